The second-order valence-electron chi connectivity index (χ2n) is 3.09. The average molecular weight is 151 g/mol. The number of rotatable bonds is 0. The van der Waals surface area contributed by atoms with Gasteiger partial charge >= 0.3 is 6.18 Å². The van der Waals surface area contributed by atoms with Crippen molar-refractivity contribution in [2.45, 2.75) is 18.6 Å². The minimum absolute atomic E-state index is 0.0972. The zero-order chi connectivity index (χ0) is 7.35. The van der Waals surface area contributed by atoms with Crippen LogP contribution in [-0.2, 0) is 0 Å². The molecule has 0 radical (unpaired) electrons. The van der Waals surface area contributed by atoms with Gasteiger partial charge in [-0.2, -0.15) is 13.2 Å². The van der Waals surface area contributed by atoms with E-state index in [1.807, 2.05) is 0 Å². The van der Waals surface area contributed by atoms with Gasteiger partial charge in [-0.15, -0.1) is 0 Å². The first kappa shape index (κ1) is 6.46. The lowest BCUT2D eigenvalue weighted by Crippen LogP contribution is -2.40. The molecule has 0 bridgehead atoms. The molecule has 2 rings (SSSR count). The van der Waals surface area contributed by atoms with Gasteiger partial charge in [-0.1, -0.05) is 0 Å². The molecule has 2 fully saturated rings. The number of hydrogen-bond donors (Lipinski definition) is 1. The summed E-state index contributed by atoms with van der Waals surface area (Å²) in [7, 11) is 0. The molecule has 1 heterocycles. The van der Waals surface area contributed by atoms with E-state index >= 15 is 0 Å². The van der Waals surface area contributed by atoms with E-state index in [4.69, 9.17) is 0 Å². The molecule has 3 atom stereocenters. The number of halogens is 3. The van der Waals surface area contributed by atoms with Gasteiger partial charge in [0.2, 0.25) is 0 Å². The Labute approximate surface area is 56.6 Å². The molecule has 2 aliphatic rings. The number of hydrogen-bond acceptors (Lipinski definition) is 1. The van der Waals surface area contributed by atoms with Crippen molar-refractivity contribution >= 4 is 0 Å². The van der Waals surface area contributed by atoms with Crippen LogP contribution < -0.4 is 5.32 Å². The topological polar surface area (TPSA) is 12.0 Å². The minimum atomic E-state index is -4.02. The Morgan fingerprint density at radius 3 is 2.20 bits per heavy atom. The van der Waals surface area contributed by atoms with Gasteiger partial charge in [-0.05, 0) is 24.8 Å². The van der Waals surface area contributed by atoms with Crippen LogP contribution in [0.25, 0.3) is 0 Å². The van der Waals surface area contributed by atoms with Crippen molar-refractivity contribution in [3.63, 3.8) is 0 Å². The molecule has 0 unspecified atom stereocenters. The van der Waals surface area contributed by atoms with Crippen molar-refractivity contribution in [2.24, 2.45) is 11.8 Å². The molecule has 0 aromatic heterocycles. The molecule has 58 valence electrons. The summed E-state index contributed by atoms with van der Waals surface area (Å²) < 4.78 is 35.9. The Morgan fingerprint density at radius 2 is 2.00 bits per heavy atom. The quantitative estimate of drug-likeness (QED) is 0.547. The van der Waals surface area contributed by atoms with Crippen LogP contribution in [-0.4, -0.2) is 18.8 Å². The maximum absolute atomic E-state index is 12.0. The molecule has 10 heavy (non-hydrogen) atoms. The second-order valence-corrected chi connectivity index (χ2v) is 3.09. The highest BCUT2D eigenvalue weighted by molar-refractivity contribution is 5.04. The second kappa shape index (κ2) is 1.67. The lowest BCUT2D eigenvalue weighted by Gasteiger charge is -2.16. The van der Waals surface area contributed by atoms with Gasteiger partial charge in [-0.3, -0.25) is 0 Å². The largest absolute Gasteiger partial charge is 0.404 e. The predicted octanol–water partition coefficient (Wildman–Crippen LogP) is 1.16. The Morgan fingerprint density at radius 1 is 1.30 bits per heavy atom. The molecule has 0 spiro atoms. The van der Waals surface area contributed by atoms with E-state index in [1.165, 1.54) is 0 Å². The van der Waals surface area contributed by atoms with E-state index in [0.717, 1.165) is 6.42 Å². The molecule has 1 aliphatic heterocycles. The van der Waals surface area contributed by atoms with Crippen LogP contribution in [0.5, 0.6) is 0 Å². The molecule has 0 aromatic carbocycles. The summed E-state index contributed by atoms with van der Waals surface area (Å²) in [6.07, 6.45) is -3.24. The monoisotopic (exact) mass is 151 g/mol. The smallest absolute Gasteiger partial charge is 0.306 e. The number of piperidine rings is 1. The molecule has 1 aliphatic carbocycles. The predicted molar refractivity (Wildman–Crippen MR) is 29.4 cm³/mol. The van der Waals surface area contributed by atoms with E-state index in [9.17, 15) is 13.2 Å². The molecule has 1 saturated heterocycles. The average Bonchev–Trinajstić information content (AvgIpc) is 2.40. The molecule has 0 amide bonds. The summed E-state index contributed by atoms with van der Waals surface area (Å²) in [4.78, 5) is 0. The van der Waals surface area contributed by atoms with Crippen LogP contribution in [0.4, 0.5) is 13.2 Å². The summed E-state index contributed by atoms with van der Waals surface area (Å²) >= 11 is 0. The summed E-state index contributed by atoms with van der Waals surface area (Å²) in [6, 6.07) is -1.20. The van der Waals surface area contributed by atoms with Crippen molar-refractivity contribution in [1.29, 1.82) is 0 Å². The highest BCUT2D eigenvalue weighted by Gasteiger charge is 2.58. The van der Waals surface area contributed by atoms with Gasteiger partial charge in [0.25, 0.3) is 0 Å². The number of fused-ring (bicyclic) bond motifs is 1. The van der Waals surface area contributed by atoms with Crippen molar-refractivity contribution in [1.82, 2.24) is 5.32 Å². The summed E-state index contributed by atoms with van der Waals surface area (Å²) in [5.41, 5.74) is 0. The zero-order valence-corrected chi connectivity index (χ0v) is 5.28. The molecular formula is C6H8F3N. The molecule has 1 saturated carbocycles. The summed E-state index contributed by atoms with van der Waals surface area (Å²) in [5, 5.41) is 2.47. The van der Waals surface area contributed by atoms with E-state index in [2.05, 4.69) is 5.32 Å². The van der Waals surface area contributed by atoms with E-state index in [1.54, 1.807) is 0 Å². The molecule has 1 nitrogen and oxygen atoms in total. The van der Waals surface area contributed by atoms with Gasteiger partial charge in [0, 0.05) is 0 Å². The molecule has 0 aromatic rings. The van der Waals surface area contributed by atoms with Crippen LogP contribution in [0.1, 0.15) is 6.42 Å². The number of alkyl halides is 3. The van der Waals surface area contributed by atoms with E-state index < -0.39 is 12.2 Å². The van der Waals surface area contributed by atoms with Gasteiger partial charge in [0.05, 0.1) is 0 Å². The maximum atomic E-state index is 12.0. The lowest BCUT2D eigenvalue weighted by molar-refractivity contribution is -0.156. The Kier molecular flexibility index (Phi) is 1.08. The minimum Gasteiger partial charge on any atom is -0.306 e. The lowest BCUT2D eigenvalue weighted by atomic mass is 10.2. The Hall–Kier alpha value is -0.250. The van der Waals surface area contributed by atoms with Gasteiger partial charge in [0.1, 0.15) is 6.04 Å². The van der Waals surface area contributed by atoms with E-state index in [-0.39, 0.29) is 5.92 Å². The SMILES string of the molecule is FC(F)(F)[C@@H]1NC[C@@H]2C[C@@H]21. The molecular weight excluding hydrogens is 143 g/mol. The zero-order valence-electron chi connectivity index (χ0n) is 5.28. The van der Waals surface area contributed by atoms with Crippen LogP contribution in [0.15, 0.2) is 0 Å². The van der Waals surface area contributed by atoms with Gasteiger partial charge < -0.3 is 5.32 Å². The van der Waals surface area contributed by atoms with Crippen molar-refractivity contribution < 1.29 is 13.2 Å². The highest BCUT2D eigenvalue weighted by Crippen LogP contribution is 2.49. The fourth-order valence-electron chi connectivity index (χ4n) is 1.70. The van der Waals surface area contributed by atoms with Gasteiger partial charge in [-0.25, -0.2) is 0 Å². The molecule has 1 N–H and O–H groups in total. The maximum Gasteiger partial charge on any atom is 0.404 e. The third-order valence-corrected chi connectivity index (χ3v) is 2.36. The Balaban J connectivity index is 2.05. The summed E-state index contributed by atoms with van der Waals surface area (Å²) in [5.74, 6) is 0.228. The fourth-order valence-corrected chi connectivity index (χ4v) is 1.70. The van der Waals surface area contributed by atoms with Crippen LogP contribution in [0.3, 0.4) is 0 Å². The Bertz CT molecular complexity index is 154. The van der Waals surface area contributed by atoms with Crippen molar-refractivity contribution in [3.05, 3.63) is 0 Å². The van der Waals surface area contributed by atoms with Crippen LogP contribution in [0, 0.1) is 11.8 Å². The number of nitrogens with one attached hydrogen (secondary N) is 1. The van der Waals surface area contributed by atoms with Crippen molar-refractivity contribution in [2.75, 3.05) is 6.54 Å². The third-order valence-electron chi connectivity index (χ3n) is 2.36. The fraction of sp³-hybridized carbons (Fsp3) is 1.00. The first-order valence-electron chi connectivity index (χ1n) is 3.39. The summed E-state index contributed by atoms with van der Waals surface area (Å²) in [6.45, 7) is 0.564. The normalized spacial score (nSPS) is 45.3. The van der Waals surface area contributed by atoms with Crippen LogP contribution in [0.2, 0.25) is 0 Å². The van der Waals surface area contributed by atoms with E-state index in [0.29, 0.717) is 12.5 Å². The van der Waals surface area contributed by atoms with Crippen LogP contribution >= 0.6 is 0 Å². The standard InChI is InChI=1S/C6H8F3N/c7-6(8,9)5-4-1-3(4)2-10-5/h3-5,10H,1-2H2/t3-,4-,5+/m0/s1. The molecule has 4 heteroatoms. The third kappa shape index (κ3) is 0.820. The first-order valence-corrected chi connectivity index (χ1v) is 3.39. The highest BCUT2D eigenvalue weighted by atomic mass is 19.4. The van der Waals surface area contributed by atoms with Gasteiger partial charge in [0.15, 0.2) is 0 Å². The van der Waals surface area contributed by atoms with Crippen molar-refractivity contribution in [3.8, 4) is 0 Å². The first-order chi connectivity index (χ1) is 4.59.